The van der Waals surface area contributed by atoms with Gasteiger partial charge in [0.15, 0.2) is 0 Å². The maximum absolute atomic E-state index is 3.52. The van der Waals surface area contributed by atoms with Crippen molar-refractivity contribution in [3.63, 3.8) is 0 Å². The van der Waals surface area contributed by atoms with Crippen LogP contribution in [0, 0.1) is 5.92 Å². The van der Waals surface area contributed by atoms with Crippen molar-refractivity contribution in [2.45, 2.75) is 39.2 Å². The number of rotatable bonds is 6. The summed E-state index contributed by atoms with van der Waals surface area (Å²) in [5.41, 5.74) is 1.48. The fraction of sp³-hybridized carbons (Fsp3) is 0.647. The normalized spacial score (nSPS) is 20.9. The first-order valence-electron chi connectivity index (χ1n) is 7.76. The zero-order valence-corrected chi connectivity index (χ0v) is 12.4. The lowest BCUT2D eigenvalue weighted by Crippen LogP contribution is -2.53. The van der Waals surface area contributed by atoms with E-state index in [2.05, 4.69) is 54.4 Å². The van der Waals surface area contributed by atoms with Crippen molar-refractivity contribution in [2.24, 2.45) is 5.92 Å². The molecule has 0 bridgehead atoms. The summed E-state index contributed by atoms with van der Waals surface area (Å²) in [6.45, 7) is 9.48. The summed E-state index contributed by atoms with van der Waals surface area (Å²) in [4.78, 5) is 2.69. The maximum Gasteiger partial charge on any atom is 0.0244 e. The van der Waals surface area contributed by atoms with E-state index in [9.17, 15) is 0 Å². The molecule has 0 spiro atoms. The van der Waals surface area contributed by atoms with Crippen LogP contribution in [-0.4, -0.2) is 37.1 Å². The summed E-state index contributed by atoms with van der Waals surface area (Å²) in [6, 6.07) is 11.6. The molecule has 0 saturated carbocycles. The molecule has 2 nitrogen and oxygen atoms in total. The van der Waals surface area contributed by atoms with E-state index in [1.165, 1.54) is 37.9 Å². The van der Waals surface area contributed by atoms with Gasteiger partial charge in [-0.3, -0.25) is 4.90 Å². The van der Waals surface area contributed by atoms with Crippen LogP contribution in [0.2, 0.25) is 0 Å². The Kier molecular flexibility index (Phi) is 5.87. The summed E-state index contributed by atoms with van der Waals surface area (Å²) in [5, 5.41) is 3.52. The quantitative estimate of drug-likeness (QED) is 0.791. The average Bonchev–Trinajstić information content (AvgIpc) is 2.45. The topological polar surface area (TPSA) is 15.3 Å². The smallest absolute Gasteiger partial charge is 0.0244 e. The number of benzene rings is 1. The monoisotopic (exact) mass is 260 g/mol. The van der Waals surface area contributed by atoms with Gasteiger partial charge in [0.1, 0.15) is 0 Å². The molecule has 1 aliphatic heterocycles. The van der Waals surface area contributed by atoms with Gasteiger partial charge in [-0.05, 0) is 37.3 Å². The Hall–Kier alpha value is -0.860. The van der Waals surface area contributed by atoms with Gasteiger partial charge in [0.25, 0.3) is 0 Å². The number of nitrogens with zero attached hydrogens (tertiary/aromatic N) is 1. The third kappa shape index (κ3) is 4.63. The molecule has 1 saturated heterocycles. The van der Waals surface area contributed by atoms with Crippen LogP contribution in [0.4, 0.5) is 0 Å². The molecule has 1 fully saturated rings. The van der Waals surface area contributed by atoms with E-state index >= 15 is 0 Å². The highest BCUT2D eigenvalue weighted by Crippen LogP contribution is 2.14. The minimum absolute atomic E-state index is 0.727. The van der Waals surface area contributed by atoms with Crippen LogP contribution in [0.3, 0.4) is 0 Å². The maximum atomic E-state index is 3.52. The molecule has 1 aromatic carbocycles. The third-order valence-electron chi connectivity index (χ3n) is 4.17. The Balaban J connectivity index is 1.69. The molecule has 1 aromatic rings. The van der Waals surface area contributed by atoms with Crippen LogP contribution in [0.15, 0.2) is 30.3 Å². The number of hydrogen-bond donors (Lipinski definition) is 1. The van der Waals surface area contributed by atoms with E-state index in [1.807, 2.05) is 0 Å². The highest BCUT2D eigenvalue weighted by molar-refractivity contribution is 5.14. The Labute approximate surface area is 118 Å². The molecular weight excluding hydrogens is 232 g/mol. The van der Waals surface area contributed by atoms with Crippen molar-refractivity contribution < 1.29 is 0 Å². The van der Waals surface area contributed by atoms with Gasteiger partial charge in [0, 0.05) is 25.7 Å². The molecule has 1 N–H and O–H groups in total. The van der Waals surface area contributed by atoms with Gasteiger partial charge in [-0.25, -0.2) is 0 Å². The van der Waals surface area contributed by atoms with Crippen LogP contribution in [0.25, 0.3) is 0 Å². The van der Waals surface area contributed by atoms with Crippen LogP contribution in [0.5, 0.6) is 0 Å². The molecule has 1 heterocycles. The second-order valence-electron chi connectivity index (χ2n) is 5.99. The standard InChI is InChI=1S/C17H28N2/c1-15(2)17-14-18-11-13-19(17)12-7-6-10-16-8-4-3-5-9-16/h3-5,8-9,15,17-18H,6-7,10-14H2,1-2H3. The second-order valence-corrected chi connectivity index (χ2v) is 5.99. The fourth-order valence-corrected chi connectivity index (χ4v) is 2.99. The first-order chi connectivity index (χ1) is 9.27. The summed E-state index contributed by atoms with van der Waals surface area (Å²) >= 11 is 0. The highest BCUT2D eigenvalue weighted by atomic mass is 15.2. The average molecular weight is 260 g/mol. The van der Waals surface area contributed by atoms with E-state index in [1.54, 1.807) is 0 Å². The Morgan fingerprint density at radius 3 is 2.74 bits per heavy atom. The van der Waals surface area contributed by atoms with E-state index < -0.39 is 0 Å². The van der Waals surface area contributed by atoms with E-state index in [-0.39, 0.29) is 0 Å². The third-order valence-corrected chi connectivity index (χ3v) is 4.17. The van der Waals surface area contributed by atoms with Crippen LogP contribution in [0.1, 0.15) is 32.3 Å². The highest BCUT2D eigenvalue weighted by Gasteiger charge is 2.23. The van der Waals surface area contributed by atoms with Crippen LogP contribution < -0.4 is 5.32 Å². The fourth-order valence-electron chi connectivity index (χ4n) is 2.99. The zero-order chi connectivity index (χ0) is 13.5. The molecule has 0 aliphatic carbocycles. The predicted molar refractivity (Wildman–Crippen MR) is 82.4 cm³/mol. The number of hydrogen-bond acceptors (Lipinski definition) is 2. The lowest BCUT2D eigenvalue weighted by Gasteiger charge is -2.38. The van der Waals surface area contributed by atoms with E-state index in [0.29, 0.717) is 0 Å². The molecule has 19 heavy (non-hydrogen) atoms. The summed E-state index contributed by atoms with van der Waals surface area (Å²) in [7, 11) is 0. The van der Waals surface area contributed by atoms with Gasteiger partial charge in [0.2, 0.25) is 0 Å². The number of unbranched alkanes of at least 4 members (excludes halogenated alkanes) is 1. The molecule has 2 heteroatoms. The molecule has 0 amide bonds. The van der Waals surface area contributed by atoms with Gasteiger partial charge in [-0.1, -0.05) is 44.2 Å². The molecule has 106 valence electrons. The van der Waals surface area contributed by atoms with E-state index in [4.69, 9.17) is 0 Å². The first kappa shape index (κ1) is 14.5. The molecular formula is C17H28N2. The first-order valence-corrected chi connectivity index (χ1v) is 7.76. The molecule has 0 radical (unpaired) electrons. The van der Waals surface area contributed by atoms with Crippen molar-refractivity contribution in [3.05, 3.63) is 35.9 Å². The van der Waals surface area contributed by atoms with Crippen molar-refractivity contribution in [3.8, 4) is 0 Å². The Morgan fingerprint density at radius 1 is 1.21 bits per heavy atom. The van der Waals surface area contributed by atoms with Gasteiger partial charge in [-0.2, -0.15) is 0 Å². The van der Waals surface area contributed by atoms with Crippen LogP contribution >= 0.6 is 0 Å². The summed E-state index contributed by atoms with van der Waals surface area (Å²) < 4.78 is 0. The number of nitrogens with one attached hydrogen (secondary N) is 1. The lowest BCUT2D eigenvalue weighted by molar-refractivity contribution is 0.122. The van der Waals surface area contributed by atoms with Crippen molar-refractivity contribution >= 4 is 0 Å². The minimum Gasteiger partial charge on any atom is -0.314 e. The van der Waals surface area contributed by atoms with E-state index in [0.717, 1.165) is 25.0 Å². The van der Waals surface area contributed by atoms with Gasteiger partial charge in [0.05, 0.1) is 0 Å². The van der Waals surface area contributed by atoms with Crippen molar-refractivity contribution in [1.82, 2.24) is 10.2 Å². The largest absolute Gasteiger partial charge is 0.314 e. The summed E-state index contributed by atoms with van der Waals surface area (Å²) in [6.07, 6.45) is 3.84. The predicted octanol–water partition coefficient (Wildman–Crippen LogP) is 2.94. The Bertz CT molecular complexity index is 348. The zero-order valence-electron chi connectivity index (χ0n) is 12.4. The number of piperazine rings is 1. The Morgan fingerprint density at radius 2 is 2.00 bits per heavy atom. The molecule has 1 atom stereocenters. The lowest BCUT2D eigenvalue weighted by atomic mass is 10.00. The minimum atomic E-state index is 0.727. The molecule has 2 rings (SSSR count). The van der Waals surface area contributed by atoms with Gasteiger partial charge < -0.3 is 5.32 Å². The second kappa shape index (κ2) is 7.66. The number of aryl methyl sites for hydroxylation is 1. The van der Waals surface area contributed by atoms with Crippen LogP contribution in [-0.2, 0) is 6.42 Å². The van der Waals surface area contributed by atoms with Crippen molar-refractivity contribution in [1.29, 1.82) is 0 Å². The van der Waals surface area contributed by atoms with Gasteiger partial charge >= 0.3 is 0 Å². The summed E-state index contributed by atoms with van der Waals surface area (Å²) in [5.74, 6) is 0.752. The SMILES string of the molecule is CC(C)C1CNCCN1CCCCc1ccccc1. The van der Waals surface area contributed by atoms with Crippen molar-refractivity contribution in [2.75, 3.05) is 26.2 Å². The van der Waals surface area contributed by atoms with Gasteiger partial charge in [-0.15, -0.1) is 0 Å². The molecule has 1 unspecified atom stereocenters. The molecule has 0 aromatic heterocycles. The molecule has 1 aliphatic rings.